The lowest BCUT2D eigenvalue weighted by molar-refractivity contribution is -0.384. The predicted octanol–water partition coefficient (Wildman–Crippen LogP) is 2.57. The van der Waals surface area contributed by atoms with Gasteiger partial charge >= 0.3 is 0 Å². The molecule has 0 fully saturated rings. The van der Waals surface area contributed by atoms with Crippen LogP contribution in [0.1, 0.15) is 10.4 Å². The largest absolute Gasteiger partial charge is 0.398 e. The molecule has 19 heavy (non-hydrogen) atoms. The zero-order valence-electron chi connectivity index (χ0n) is 10.3. The van der Waals surface area contributed by atoms with Gasteiger partial charge in [-0.05, 0) is 30.0 Å². The van der Waals surface area contributed by atoms with Crippen LogP contribution in [0.5, 0.6) is 0 Å². The second-order valence-electron chi connectivity index (χ2n) is 4.15. The highest BCUT2D eigenvalue weighted by Crippen LogP contribution is 2.18. The molecular formula is C13H15N3O2S. The molecule has 0 aliphatic rings. The molecule has 0 saturated carbocycles. The summed E-state index contributed by atoms with van der Waals surface area (Å²) in [4.78, 5) is 11.3. The van der Waals surface area contributed by atoms with Crippen LogP contribution in [-0.2, 0) is 13.0 Å². The molecule has 0 amide bonds. The molecule has 1 heterocycles. The van der Waals surface area contributed by atoms with Gasteiger partial charge in [-0.25, -0.2) is 0 Å². The summed E-state index contributed by atoms with van der Waals surface area (Å²) < 4.78 is 0. The third-order valence-corrected chi connectivity index (χ3v) is 3.74. The summed E-state index contributed by atoms with van der Waals surface area (Å²) in [6, 6.07) is 8.55. The van der Waals surface area contributed by atoms with Crippen LogP contribution in [0.15, 0.2) is 35.7 Å². The van der Waals surface area contributed by atoms with Crippen LogP contribution >= 0.6 is 11.3 Å². The van der Waals surface area contributed by atoms with E-state index in [1.165, 1.54) is 12.1 Å². The first-order chi connectivity index (χ1) is 9.16. The number of hydrogen-bond donors (Lipinski definition) is 2. The Morgan fingerprint density at radius 1 is 1.26 bits per heavy atom. The van der Waals surface area contributed by atoms with Crippen LogP contribution in [0.2, 0.25) is 0 Å². The first kappa shape index (κ1) is 13.5. The summed E-state index contributed by atoms with van der Waals surface area (Å²) in [5.74, 6) is 0. The Morgan fingerprint density at radius 2 is 2.00 bits per heavy atom. The van der Waals surface area contributed by atoms with Crippen LogP contribution in [-0.4, -0.2) is 11.5 Å². The molecule has 2 rings (SSSR count). The number of benzene rings is 1. The van der Waals surface area contributed by atoms with E-state index in [2.05, 4.69) is 5.32 Å². The minimum atomic E-state index is -0.387. The molecule has 3 N–H and O–H groups in total. The molecule has 0 spiro atoms. The fourth-order valence-corrected chi connectivity index (χ4v) is 2.48. The second-order valence-corrected chi connectivity index (χ2v) is 5.15. The van der Waals surface area contributed by atoms with Crippen molar-refractivity contribution in [3.63, 3.8) is 0 Å². The second kappa shape index (κ2) is 6.31. The van der Waals surface area contributed by atoms with Gasteiger partial charge in [0.15, 0.2) is 0 Å². The molecule has 0 aliphatic heterocycles. The average Bonchev–Trinajstić information content (AvgIpc) is 2.81. The standard InChI is InChI=1S/C13H15N3O2S/c14-12-6-8-19-13(12)9-15-7-5-10-1-3-11(4-2-10)16(17)18/h1-4,6,8,15H,5,7,9,14H2. The fourth-order valence-electron chi connectivity index (χ4n) is 1.71. The van der Waals surface area contributed by atoms with E-state index in [1.807, 2.05) is 11.4 Å². The maximum atomic E-state index is 10.5. The Labute approximate surface area is 115 Å². The van der Waals surface area contributed by atoms with Gasteiger partial charge in [-0.2, -0.15) is 0 Å². The maximum Gasteiger partial charge on any atom is 0.269 e. The van der Waals surface area contributed by atoms with Gasteiger partial charge in [-0.3, -0.25) is 10.1 Å². The molecule has 0 unspecified atom stereocenters. The van der Waals surface area contributed by atoms with Gasteiger partial charge in [0.25, 0.3) is 5.69 Å². The number of rotatable bonds is 6. The van der Waals surface area contributed by atoms with Crippen molar-refractivity contribution in [3.8, 4) is 0 Å². The molecule has 0 saturated heterocycles. The smallest absolute Gasteiger partial charge is 0.269 e. The van der Waals surface area contributed by atoms with Crippen molar-refractivity contribution in [2.75, 3.05) is 12.3 Å². The highest BCUT2D eigenvalue weighted by molar-refractivity contribution is 7.10. The zero-order chi connectivity index (χ0) is 13.7. The Hall–Kier alpha value is -1.92. The molecule has 0 atom stereocenters. The first-order valence-electron chi connectivity index (χ1n) is 5.92. The van der Waals surface area contributed by atoms with E-state index in [0.29, 0.717) is 0 Å². The summed E-state index contributed by atoms with van der Waals surface area (Å²) in [5, 5.41) is 15.8. The number of non-ortho nitro benzene ring substituents is 1. The summed E-state index contributed by atoms with van der Waals surface area (Å²) in [5.41, 5.74) is 7.82. The number of thiophene rings is 1. The summed E-state index contributed by atoms with van der Waals surface area (Å²) >= 11 is 1.64. The SMILES string of the molecule is Nc1ccsc1CNCCc1ccc([N+](=O)[O-])cc1. The van der Waals surface area contributed by atoms with E-state index in [4.69, 9.17) is 5.73 Å². The number of nitrogen functional groups attached to an aromatic ring is 1. The molecule has 6 heteroatoms. The minimum Gasteiger partial charge on any atom is -0.398 e. The van der Waals surface area contributed by atoms with E-state index in [-0.39, 0.29) is 10.6 Å². The molecule has 2 aromatic rings. The summed E-state index contributed by atoms with van der Waals surface area (Å²) in [6.45, 7) is 1.58. The lowest BCUT2D eigenvalue weighted by Crippen LogP contribution is -2.16. The monoisotopic (exact) mass is 277 g/mol. The van der Waals surface area contributed by atoms with Gasteiger partial charge in [-0.15, -0.1) is 11.3 Å². The van der Waals surface area contributed by atoms with E-state index >= 15 is 0 Å². The highest BCUT2D eigenvalue weighted by atomic mass is 32.1. The molecule has 0 bridgehead atoms. The molecule has 1 aromatic carbocycles. The van der Waals surface area contributed by atoms with Crippen molar-refractivity contribution < 1.29 is 4.92 Å². The average molecular weight is 277 g/mol. The summed E-state index contributed by atoms with van der Waals surface area (Å²) in [7, 11) is 0. The number of nitro benzene ring substituents is 1. The van der Waals surface area contributed by atoms with Crippen LogP contribution in [0, 0.1) is 10.1 Å². The first-order valence-corrected chi connectivity index (χ1v) is 6.80. The van der Waals surface area contributed by atoms with E-state index in [9.17, 15) is 10.1 Å². The van der Waals surface area contributed by atoms with Crippen molar-refractivity contribution in [2.45, 2.75) is 13.0 Å². The summed E-state index contributed by atoms with van der Waals surface area (Å²) in [6.07, 6.45) is 0.837. The zero-order valence-corrected chi connectivity index (χ0v) is 11.2. The van der Waals surface area contributed by atoms with E-state index < -0.39 is 0 Å². The predicted molar refractivity (Wildman–Crippen MR) is 77.2 cm³/mol. The number of nitrogens with two attached hydrogens (primary N) is 1. The molecule has 5 nitrogen and oxygen atoms in total. The Morgan fingerprint density at radius 3 is 2.58 bits per heavy atom. The van der Waals surface area contributed by atoms with Crippen LogP contribution in [0.3, 0.4) is 0 Å². The van der Waals surface area contributed by atoms with Crippen LogP contribution in [0.4, 0.5) is 11.4 Å². The van der Waals surface area contributed by atoms with Gasteiger partial charge in [-0.1, -0.05) is 12.1 Å². The maximum absolute atomic E-state index is 10.5. The molecular weight excluding hydrogens is 262 g/mol. The van der Waals surface area contributed by atoms with Gasteiger partial charge < -0.3 is 11.1 Å². The highest BCUT2D eigenvalue weighted by Gasteiger charge is 2.04. The lowest BCUT2D eigenvalue weighted by Gasteiger charge is -2.04. The van der Waals surface area contributed by atoms with Crippen LogP contribution < -0.4 is 11.1 Å². The van der Waals surface area contributed by atoms with Crippen molar-refractivity contribution in [1.82, 2.24) is 5.32 Å². The van der Waals surface area contributed by atoms with Gasteiger partial charge in [0.2, 0.25) is 0 Å². The number of nitro groups is 1. The van der Waals surface area contributed by atoms with Gasteiger partial charge in [0.1, 0.15) is 0 Å². The Balaban J connectivity index is 1.76. The molecule has 0 radical (unpaired) electrons. The normalized spacial score (nSPS) is 10.5. The van der Waals surface area contributed by atoms with E-state index in [1.54, 1.807) is 23.5 Å². The Bertz CT molecular complexity index is 551. The molecule has 0 aliphatic carbocycles. The molecule has 1 aromatic heterocycles. The quantitative estimate of drug-likeness (QED) is 0.483. The number of hydrogen-bond acceptors (Lipinski definition) is 5. The van der Waals surface area contributed by atoms with Crippen molar-refractivity contribution in [1.29, 1.82) is 0 Å². The molecule has 100 valence electrons. The van der Waals surface area contributed by atoms with Crippen molar-refractivity contribution in [2.24, 2.45) is 0 Å². The third kappa shape index (κ3) is 3.77. The van der Waals surface area contributed by atoms with Crippen LogP contribution in [0.25, 0.3) is 0 Å². The third-order valence-electron chi connectivity index (χ3n) is 2.80. The number of anilines is 1. The van der Waals surface area contributed by atoms with Crippen molar-refractivity contribution >= 4 is 22.7 Å². The number of nitrogens with zero attached hydrogens (tertiary/aromatic N) is 1. The topological polar surface area (TPSA) is 81.2 Å². The van der Waals surface area contributed by atoms with E-state index in [0.717, 1.165) is 35.6 Å². The number of nitrogens with one attached hydrogen (secondary N) is 1. The lowest BCUT2D eigenvalue weighted by atomic mass is 10.1. The fraction of sp³-hybridized carbons (Fsp3) is 0.231. The van der Waals surface area contributed by atoms with Gasteiger partial charge in [0.05, 0.1) is 4.92 Å². The van der Waals surface area contributed by atoms with Crippen molar-refractivity contribution in [3.05, 3.63) is 56.3 Å². The minimum absolute atomic E-state index is 0.128. The van der Waals surface area contributed by atoms with Gasteiger partial charge in [0, 0.05) is 29.2 Å². The Kier molecular flexibility index (Phi) is 4.48.